The van der Waals surface area contributed by atoms with Crippen LogP contribution in [0.25, 0.3) is 5.78 Å². The fraction of sp³-hybridized carbons (Fsp3) is 0.294. The zero-order valence-electron chi connectivity index (χ0n) is 15.6. The molecule has 3 N–H and O–H groups in total. The molecule has 0 unspecified atom stereocenters. The molecule has 0 aliphatic rings. The van der Waals surface area contributed by atoms with E-state index in [1.54, 1.807) is 4.52 Å². The number of hydrogen-bond acceptors (Lipinski definition) is 7. The zero-order valence-corrected chi connectivity index (χ0v) is 17.3. The van der Waals surface area contributed by atoms with E-state index in [9.17, 15) is 13.2 Å². The number of aromatic nitrogens is 4. The van der Waals surface area contributed by atoms with Crippen LogP contribution in [0.3, 0.4) is 0 Å². The van der Waals surface area contributed by atoms with Gasteiger partial charge in [0.1, 0.15) is 0 Å². The quantitative estimate of drug-likeness (QED) is 0.581. The van der Waals surface area contributed by atoms with Crippen molar-refractivity contribution in [2.24, 2.45) is 5.14 Å². The Morgan fingerprint density at radius 1 is 1.18 bits per heavy atom. The molecule has 28 heavy (non-hydrogen) atoms. The third kappa shape index (κ3) is 4.49. The fourth-order valence-electron chi connectivity index (χ4n) is 2.48. The molecule has 0 fully saturated rings. The Kier molecular flexibility index (Phi) is 5.68. The van der Waals surface area contributed by atoms with Gasteiger partial charge in [0, 0.05) is 29.2 Å². The number of fused-ring (bicyclic) bond motifs is 1. The van der Waals surface area contributed by atoms with Gasteiger partial charge >= 0.3 is 0 Å². The van der Waals surface area contributed by atoms with Crippen LogP contribution in [0.15, 0.2) is 34.3 Å². The summed E-state index contributed by atoms with van der Waals surface area (Å²) in [6.45, 7) is 5.89. The standard InChI is InChI=1S/C17H20N6O3S2/c1-10-11(2)19-16-21-17(22-23(16)12(10)3)27-9-8-15(24)20-13-4-6-14(7-5-13)28(18,25)26/h4-7H,8-9H2,1-3H3,(H,20,24)(H2,18,25,26). The van der Waals surface area contributed by atoms with E-state index in [0.717, 1.165) is 17.0 Å². The number of carbonyl (C=O) groups excluding carboxylic acids is 1. The fourth-order valence-corrected chi connectivity index (χ4v) is 3.76. The van der Waals surface area contributed by atoms with Crippen molar-refractivity contribution >= 4 is 39.2 Å². The highest BCUT2D eigenvalue weighted by Crippen LogP contribution is 2.19. The van der Waals surface area contributed by atoms with E-state index in [4.69, 9.17) is 5.14 Å². The number of nitrogens with zero attached hydrogens (tertiary/aromatic N) is 4. The number of primary sulfonamides is 1. The second-order valence-corrected chi connectivity index (χ2v) is 8.85. The van der Waals surface area contributed by atoms with E-state index >= 15 is 0 Å². The molecule has 148 valence electrons. The molecule has 0 bridgehead atoms. The van der Waals surface area contributed by atoms with Gasteiger partial charge in [-0.1, -0.05) is 11.8 Å². The van der Waals surface area contributed by atoms with Crippen LogP contribution in [0.2, 0.25) is 0 Å². The smallest absolute Gasteiger partial charge is 0.253 e. The largest absolute Gasteiger partial charge is 0.326 e. The van der Waals surface area contributed by atoms with Crippen molar-refractivity contribution in [3.05, 3.63) is 41.2 Å². The van der Waals surface area contributed by atoms with Gasteiger partial charge in [0.15, 0.2) is 0 Å². The van der Waals surface area contributed by atoms with Crippen LogP contribution in [-0.2, 0) is 14.8 Å². The molecule has 0 aliphatic carbocycles. The Morgan fingerprint density at radius 3 is 2.50 bits per heavy atom. The van der Waals surface area contributed by atoms with Gasteiger partial charge < -0.3 is 5.32 Å². The van der Waals surface area contributed by atoms with Gasteiger partial charge in [-0.2, -0.15) is 4.98 Å². The Balaban J connectivity index is 1.57. The number of carbonyl (C=O) groups is 1. The highest BCUT2D eigenvalue weighted by atomic mass is 32.2. The summed E-state index contributed by atoms with van der Waals surface area (Å²) in [4.78, 5) is 20.9. The van der Waals surface area contributed by atoms with Gasteiger partial charge in [-0.3, -0.25) is 4.79 Å². The molecule has 2 aromatic heterocycles. The van der Waals surface area contributed by atoms with Gasteiger partial charge in [0.05, 0.1) is 4.90 Å². The third-order valence-corrected chi connectivity index (χ3v) is 6.04. The number of thioether (sulfide) groups is 1. The summed E-state index contributed by atoms with van der Waals surface area (Å²) in [5, 5.41) is 12.8. The normalized spacial score (nSPS) is 11.7. The number of hydrogen-bond donors (Lipinski definition) is 2. The third-order valence-electron chi connectivity index (χ3n) is 4.27. The van der Waals surface area contributed by atoms with Crippen LogP contribution < -0.4 is 10.5 Å². The molecular weight excluding hydrogens is 400 g/mol. The minimum absolute atomic E-state index is 0.00615. The molecular formula is C17H20N6O3S2. The first-order valence-corrected chi connectivity index (χ1v) is 10.9. The number of rotatable bonds is 6. The molecule has 11 heteroatoms. The van der Waals surface area contributed by atoms with Gasteiger partial charge in [0.2, 0.25) is 21.1 Å². The van der Waals surface area contributed by atoms with Crippen molar-refractivity contribution in [2.45, 2.75) is 37.2 Å². The topological polar surface area (TPSA) is 132 Å². The lowest BCUT2D eigenvalue weighted by atomic mass is 10.2. The van der Waals surface area contributed by atoms with E-state index < -0.39 is 10.0 Å². The molecule has 3 rings (SSSR count). The summed E-state index contributed by atoms with van der Waals surface area (Å²) in [7, 11) is -3.75. The van der Waals surface area contributed by atoms with Crippen LogP contribution in [-0.4, -0.2) is 39.7 Å². The maximum Gasteiger partial charge on any atom is 0.253 e. The Bertz CT molecular complexity index is 1140. The first kappa shape index (κ1) is 20.2. The molecule has 0 saturated heterocycles. The lowest BCUT2D eigenvalue weighted by Crippen LogP contribution is -2.14. The van der Waals surface area contributed by atoms with Crippen LogP contribution in [0, 0.1) is 20.8 Å². The minimum Gasteiger partial charge on any atom is -0.326 e. The van der Waals surface area contributed by atoms with Crippen molar-refractivity contribution in [2.75, 3.05) is 11.1 Å². The van der Waals surface area contributed by atoms with Crippen molar-refractivity contribution in [3.63, 3.8) is 0 Å². The van der Waals surface area contributed by atoms with Crippen LogP contribution in [0.5, 0.6) is 0 Å². The summed E-state index contributed by atoms with van der Waals surface area (Å²) in [6, 6.07) is 5.68. The summed E-state index contributed by atoms with van der Waals surface area (Å²) < 4.78 is 24.2. The first-order chi connectivity index (χ1) is 13.1. The van der Waals surface area contributed by atoms with Gasteiger partial charge in [0.25, 0.3) is 5.78 Å². The molecule has 0 radical (unpaired) electrons. The number of sulfonamides is 1. The van der Waals surface area contributed by atoms with Crippen molar-refractivity contribution in [1.82, 2.24) is 19.6 Å². The molecule has 9 nitrogen and oxygen atoms in total. The van der Waals surface area contributed by atoms with E-state index in [2.05, 4.69) is 20.4 Å². The minimum atomic E-state index is -3.75. The van der Waals surface area contributed by atoms with E-state index in [0.29, 0.717) is 22.4 Å². The molecule has 0 saturated carbocycles. The molecule has 0 atom stereocenters. The number of anilines is 1. The van der Waals surface area contributed by atoms with Crippen LogP contribution in [0.1, 0.15) is 23.4 Å². The Labute approximate surface area is 166 Å². The molecule has 1 aromatic carbocycles. The molecule has 0 spiro atoms. The zero-order chi connectivity index (χ0) is 20.5. The number of nitrogens with two attached hydrogens (primary N) is 1. The highest BCUT2D eigenvalue weighted by Gasteiger charge is 2.12. The van der Waals surface area contributed by atoms with Crippen molar-refractivity contribution in [1.29, 1.82) is 0 Å². The predicted octanol–water partition coefficient (Wildman–Crippen LogP) is 1.82. The van der Waals surface area contributed by atoms with E-state index in [1.165, 1.54) is 36.0 Å². The number of nitrogens with one attached hydrogen (secondary N) is 1. The SMILES string of the molecule is Cc1nc2nc(SCCC(=O)Nc3ccc(S(N)(=O)=O)cc3)nn2c(C)c1C. The average molecular weight is 421 g/mol. The lowest BCUT2D eigenvalue weighted by molar-refractivity contribution is -0.115. The van der Waals surface area contributed by atoms with Crippen molar-refractivity contribution < 1.29 is 13.2 Å². The maximum atomic E-state index is 12.1. The lowest BCUT2D eigenvalue weighted by Gasteiger charge is -2.05. The van der Waals surface area contributed by atoms with Gasteiger partial charge in [-0.05, 0) is 50.6 Å². The van der Waals surface area contributed by atoms with Crippen molar-refractivity contribution in [3.8, 4) is 0 Å². The molecule has 1 amide bonds. The monoisotopic (exact) mass is 420 g/mol. The number of benzene rings is 1. The summed E-state index contributed by atoms with van der Waals surface area (Å²) in [5.41, 5.74) is 3.48. The first-order valence-electron chi connectivity index (χ1n) is 8.41. The van der Waals surface area contributed by atoms with Gasteiger partial charge in [-0.25, -0.2) is 23.1 Å². The number of aryl methyl sites for hydroxylation is 2. The van der Waals surface area contributed by atoms with Crippen LogP contribution >= 0.6 is 11.8 Å². The Morgan fingerprint density at radius 2 is 1.86 bits per heavy atom. The Hall–Kier alpha value is -2.50. The second-order valence-electron chi connectivity index (χ2n) is 6.23. The predicted molar refractivity (Wildman–Crippen MR) is 107 cm³/mol. The molecule has 3 aromatic rings. The number of amides is 1. The molecule has 2 heterocycles. The second kappa shape index (κ2) is 7.86. The highest BCUT2D eigenvalue weighted by molar-refractivity contribution is 7.99. The van der Waals surface area contributed by atoms with E-state index in [-0.39, 0.29) is 17.2 Å². The molecule has 0 aliphatic heterocycles. The van der Waals surface area contributed by atoms with Gasteiger partial charge in [-0.15, -0.1) is 5.10 Å². The summed E-state index contributed by atoms with van der Waals surface area (Å²) in [5.74, 6) is 0.845. The van der Waals surface area contributed by atoms with E-state index in [1.807, 2.05) is 20.8 Å². The average Bonchev–Trinajstić information content (AvgIpc) is 3.02. The maximum absolute atomic E-state index is 12.1. The summed E-state index contributed by atoms with van der Waals surface area (Å²) in [6.07, 6.45) is 0.252. The van der Waals surface area contributed by atoms with Crippen LogP contribution in [0.4, 0.5) is 5.69 Å². The summed E-state index contributed by atoms with van der Waals surface area (Å²) >= 11 is 1.37.